The summed E-state index contributed by atoms with van der Waals surface area (Å²) in [6.07, 6.45) is -4.08. The van der Waals surface area contributed by atoms with E-state index in [-0.39, 0.29) is 17.5 Å². The highest BCUT2D eigenvalue weighted by Crippen LogP contribution is 2.24. The normalized spacial score (nSPS) is 11.2. The summed E-state index contributed by atoms with van der Waals surface area (Å²) in [5.41, 5.74) is -0.874. The molecule has 18 heavy (non-hydrogen) atoms. The second-order valence-corrected chi connectivity index (χ2v) is 3.40. The largest absolute Gasteiger partial charge is 0.573 e. The fourth-order valence-corrected chi connectivity index (χ4v) is 1.29. The van der Waals surface area contributed by atoms with Crippen LogP contribution in [-0.4, -0.2) is 24.4 Å². The van der Waals surface area contributed by atoms with Gasteiger partial charge in [0.15, 0.2) is 5.75 Å². The Kier molecular flexibility index (Phi) is 4.00. The molecule has 0 aliphatic heterocycles. The van der Waals surface area contributed by atoms with E-state index in [1.54, 1.807) is 0 Å². The summed E-state index contributed by atoms with van der Waals surface area (Å²) in [6, 6.07) is 0. The Labute approximate surface area is 99.5 Å². The van der Waals surface area contributed by atoms with Crippen molar-refractivity contribution in [3.63, 3.8) is 0 Å². The van der Waals surface area contributed by atoms with Crippen LogP contribution in [0.3, 0.4) is 0 Å². The Balaban J connectivity index is 3.15. The van der Waals surface area contributed by atoms with Gasteiger partial charge in [-0.1, -0.05) is 0 Å². The molecule has 0 aliphatic carbocycles. The van der Waals surface area contributed by atoms with Gasteiger partial charge in [-0.05, 0) is 12.5 Å². The molecule has 0 amide bonds. The lowest BCUT2D eigenvalue weighted by atomic mass is 10.1. The maximum absolute atomic E-state index is 12.1. The number of aromatic amines is 1. The second-order valence-electron chi connectivity index (χ2n) is 3.40. The third kappa shape index (κ3) is 3.51. The van der Waals surface area contributed by atoms with E-state index >= 15 is 0 Å². The Morgan fingerprint density at radius 2 is 2.06 bits per heavy atom. The van der Waals surface area contributed by atoms with Crippen LogP contribution in [0.15, 0.2) is 11.0 Å². The highest BCUT2D eigenvalue weighted by molar-refractivity contribution is 5.73. The molecule has 1 aromatic heterocycles. The standard InChI is InChI=1S/C10H10F3NO4/c1-5-6(3-7(15)17-2)4-14-9(16)8(5)18-10(11,12)13/h4H,3H2,1-2H3,(H,14,16). The van der Waals surface area contributed by atoms with Crippen LogP contribution in [0.25, 0.3) is 0 Å². The van der Waals surface area contributed by atoms with Gasteiger partial charge in [0.2, 0.25) is 0 Å². The average molecular weight is 265 g/mol. The van der Waals surface area contributed by atoms with E-state index in [0.717, 1.165) is 13.3 Å². The monoisotopic (exact) mass is 265 g/mol. The number of nitrogens with one attached hydrogen (secondary N) is 1. The van der Waals surface area contributed by atoms with E-state index in [4.69, 9.17) is 0 Å². The SMILES string of the molecule is COC(=O)Cc1c[nH]c(=O)c(OC(F)(F)F)c1C. The van der Waals surface area contributed by atoms with Crippen LogP contribution in [0.5, 0.6) is 5.75 Å². The molecule has 0 fully saturated rings. The summed E-state index contributed by atoms with van der Waals surface area (Å²) >= 11 is 0. The number of H-pyrrole nitrogens is 1. The molecule has 0 aromatic carbocycles. The summed E-state index contributed by atoms with van der Waals surface area (Å²) in [7, 11) is 1.15. The fraction of sp³-hybridized carbons (Fsp3) is 0.400. The van der Waals surface area contributed by atoms with Crippen LogP contribution in [-0.2, 0) is 16.0 Å². The van der Waals surface area contributed by atoms with Crippen molar-refractivity contribution in [2.24, 2.45) is 0 Å². The summed E-state index contributed by atoms with van der Waals surface area (Å²) < 4.78 is 44.3. The number of halogens is 3. The molecular weight excluding hydrogens is 255 g/mol. The number of rotatable bonds is 3. The average Bonchev–Trinajstić information content (AvgIpc) is 2.26. The van der Waals surface area contributed by atoms with Crippen molar-refractivity contribution in [2.75, 3.05) is 7.11 Å². The van der Waals surface area contributed by atoms with Gasteiger partial charge in [-0.15, -0.1) is 13.2 Å². The van der Waals surface area contributed by atoms with Gasteiger partial charge in [0.25, 0.3) is 5.56 Å². The van der Waals surface area contributed by atoms with E-state index in [2.05, 4.69) is 14.5 Å². The van der Waals surface area contributed by atoms with Gasteiger partial charge in [0, 0.05) is 11.8 Å². The summed E-state index contributed by atoms with van der Waals surface area (Å²) in [6.45, 7) is 1.26. The molecule has 0 aliphatic rings. The maximum atomic E-state index is 12.1. The molecule has 1 aromatic rings. The number of hydrogen-bond donors (Lipinski definition) is 1. The van der Waals surface area contributed by atoms with Crippen LogP contribution in [0.2, 0.25) is 0 Å². The lowest BCUT2D eigenvalue weighted by Crippen LogP contribution is -2.24. The lowest BCUT2D eigenvalue weighted by Gasteiger charge is -2.12. The Hall–Kier alpha value is -1.99. The first kappa shape index (κ1) is 14.1. The number of pyridine rings is 1. The molecular formula is C10H10F3NO4. The van der Waals surface area contributed by atoms with Crippen molar-refractivity contribution in [2.45, 2.75) is 19.7 Å². The number of methoxy groups -OCH3 is 1. The number of esters is 1. The molecule has 0 unspecified atom stereocenters. The van der Waals surface area contributed by atoms with Crippen molar-refractivity contribution < 1.29 is 27.4 Å². The van der Waals surface area contributed by atoms with Crippen LogP contribution < -0.4 is 10.3 Å². The van der Waals surface area contributed by atoms with Gasteiger partial charge >= 0.3 is 12.3 Å². The number of alkyl halides is 3. The maximum Gasteiger partial charge on any atom is 0.573 e. The predicted octanol–water partition coefficient (Wildman–Crippen LogP) is 1.30. The Morgan fingerprint density at radius 1 is 1.44 bits per heavy atom. The number of hydrogen-bond acceptors (Lipinski definition) is 4. The fourth-order valence-electron chi connectivity index (χ4n) is 1.29. The van der Waals surface area contributed by atoms with E-state index in [0.29, 0.717) is 0 Å². The van der Waals surface area contributed by atoms with Crippen LogP contribution >= 0.6 is 0 Å². The molecule has 8 heteroatoms. The topological polar surface area (TPSA) is 68.4 Å². The highest BCUT2D eigenvalue weighted by Gasteiger charge is 2.33. The molecule has 0 radical (unpaired) electrons. The van der Waals surface area contributed by atoms with E-state index in [1.807, 2.05) is 0 Å². The van der Waals surface area contributed by atoms with Crippen LogP contribution in [0.4, 0.5) is 13.2 Å². The third-order valence-electron chi connectivity index (χ3n) is 2.19. The van der Waals surface area contributed by atoms with Gasteiger partial charge < -0.3 is 14.5 Å². The van der Waals surface area contributed by atoms with Crippen LogP contribution in [0.1, 0.15) is 11.1 Å². The first-order valence-corrected chi connectivity index (χ1v) is 4.78. The van der Waals surface area contributed by atoms with Crippen LogP contribution in [0, 0.1) is 6.92 Å². The molecule has 100 valence electrons. The third-order valence-corrected chi connectivity index (χ3v) is 2.19. The molecule has 1 heterocycles. The molecule has 0 spiro atoms. The van der Waals surface area contributed by atoms with Gasteiger partial charge in [0.1, 0.15) is 0 Å². The zero-order valence-electron chi connectivity index (χ0n) is 9.55. The number of aromatic nitrogens is 1. The van der Waals surface area contributed by atoms with Gasteiger partial charge in [-0.2, -0.15) is 0 Å². The second kappa shape index (κ2) is 5.11. The lowest BCUT2D eigenvalue weighted by molar-refractivity contribution is -0.275. The summed E-state index contributed by atoms with van der Waals surface area (Å²) in [4.78, 5) is 24.3. The summed E-state index contributed by atoms with van der Waals surface area (Å²) in [5, 5.41) is 0. The van der Waals surface area contributed by atoms with Crippen molar-refractivity contribution in [1.29, 1.82) is 0 Å². The predicted molar refractivity (Wildman–Crippen MR) is 54.2 cm³/mol. The van der Waals surface area contributed by atoms with Crippen molar-refractivity contribution >= 4 is 5.97 Å². The minimum atomic E-state index is -4.97. The minimum Gasteiger partial charge on any atom is -0.469 e. The highest BCUT2D eigenvalue weighted by atomic mass is 19.4. The van der Waals surface area contributed by atoms with E-state index in [1.165, 1.54) is 6.92 Å². The quantitative estimate of drug-likeness (QED) is 0.836. The Morgan fingerprint density at radius 3 is 2.56 bits per heavy atom. The number of carbonyl (C=O) groups excluding carboxylic acids is 1. The Bertz CT molecular complexity index is 507. The van der Waals surface area contributed by atoms with E-state index in [9.17, 15) is 22.8 Å². The number of ether oxygens (including phenoxy) is 2. The van der Waals surface area contributed by atoms with Gasteiger partial charge in [-0.3, -0.25) is 9.59 Å². The molecule has 1 rings (SSSR count). The van der Waals surface area contributed by atoms with Gasteiger partial charge in [-0.25, -0.2) is 0 Å². The zero-order chi connectivity index (χ0) is 13.9. The first-order valence-electron chi connectivity index (χ1n) is 4.78. The molecule has 5 nitrogen and oxygen atoms in total. The number of carbonyl (C=O) groups is 1. The molecule has 0 saturated heterocycles. The van der Waals surface area contributed by atoms with Gasteiger partial charge in [0.05, 0.1) is 13.5 Å². The molecule has 0 bridgehead atoms. The zero-order valence-corrected chi connectivity index (χ0v) is 9.55. The minimum absolute atomic E-state index is 0.0542. The van der Waals surface area contributed by atoms with Crippen molar-refractivity contribution in [1.82, 2.24) is 4.98 Å². The summed E-state index contributed by atoms with van der Waals surface area (Å²) in [5.74, 6) is -1.51. The molecule has 1 N–H and O–H groups in total. The smallest absolute Gasteiger partial charge is 0.469 e. The van der Waals surface area contributed by atoms with Crippen molar-refractivity contribution in [3.05, 3.63) is 27.7 Å². The van der Waals surface area contributed by atoms with Crippen molar-refractivity contribution in [3.8, 4) is 5.75 Å². The molecule has 0 atom stereocenters. The molecule has 0 saturated carbocycles. The van der Waals surface area contributed by atoms with E-state index < -0.39 is 23.6 Å². The first-order chi connectivity index (χ1) is 8.24.